The average Bonchev–Trinajstić information content (AvgIpc) is 3.29. The van der Waals surface area contributed by atoms with Crippen molar-refractivity contribution in [2.24, 2.45) is 5.92 Å². The molecule has 1 N–H and O–H groups in total. The summed E-state index contributed by atoms with van der Waals surface area (Å²) >= 11 is 0. The fraction of sp³-hybridized carbons (Fsp3) is 0.348. The van der Waals surface area contributed by atoms with Crippen molar-refractivity contribution in [2.45, 2.75) is 18.9 Å². The van der Waals surface area contributed by atoms with E-state index in [9.17, 15) is 9.59 Å². The molecule has 1 aromatic carbocycles. The summed E-state index contributed by atoms with van der Waals surface area (Å²) in [5, 5.41) is 7.14. The largest absolute Gasteiger partial charge is 0.486 e. The zero-order valence-electron chi connectivity index (χ0n) is 16.9. The van der Waals surface area contributed by atoms with Gasteiger partial charge in [-0.05, 0) is 36.6 Å². The number of rotatable bonds is 2. The number of nitrogens with zero attached hydrogens (tertiary/aromatic N) is 3. The number of ether oxygens (including phenoxy) is 2. The number of aromatic amines is 1. The first-order valence-electron chi connectivity index (χ1n) is 10.6. The molecule has 6 rings (SSSR count). The highest BCUT2D eigenvalue weighted by Gasteiger charge is 2.37. The Hall–Kier alpha value is -3.55. The van der Waals surface area contributed by atoms with Gasteiger partial charge in [-0.3, -0.25) is 14.7 Å². The van der Waals surface area contributed by atoms with Crippen molar-refractivity contribution in [1.29, 1.82) is 0 Å². The normalized spacial score (nSPS) is 21.5. The maximum Gasteiger partial charge on any atom is 0.257 e. The van der Waals surface area contributed by atoms with E-state index < -0.39 is 0 Å². The molecule has 31 heavy (non-hydrogen) atoms. The molecular formula is C23H22N4O4. The molecular weight excluding hydrogens is 396 g/mol. The highest BCUT2D eigenvalue weighted by Crippen LogP contribution is 2.37. The lowest BCUT2D eigenvalue weighted by molar-refractivity contribution is 0.0595. The lowest BCUT2D eigenvalue weighted by Crippen LogP contribution is -2.49. The molecule has 0 aliphatic carbocycles. The maximum absolute atomic E-state index is 13.5. The number of H-pyrrole nitrogens is 1. The van der Waals surface area contributed by atoms with Crippen molar-refractivity contribution < 1.29 is 14.3 Å². The molecule has 158 valence electrons. The Morgan fingerprint density at radius 3 is 2.84 bits per heavy atom. The van der Waals surface area contributed by atoms with Crippen molar-refractivity contribution in [3.05, 3.63) is 64.2 Å². The molecule has 0 radical (unpaired) electrons. The standard InChI is InChI=1S/C23H22N4O4/c28-21-3-1-2-18-16-8-14(12-27(18)21)11-26(13-16)23(29)17-10-24-25-22(17)15-4-5-19-20(9-15)31-7-6-30-19/h1-5,9-10,14,16H,6-8,11-13H2,(H,24,25)/t14-,16+/m0/s1. The topological polar surface area (TPSA) is 89.5 Å². The lowest BCUT2D eigenvalue weighted by Gasteiger charge is -2.42. The summed E-state index contributed by atoms with van der Waals surface area (Å²) in [4.78, 5) is 27.7. The van der Waals surface area contributed by atoms with Gasteiger partial charge in [0, 0.05) is 42.9 Å². The van der Waals surface area contributed by atoms with Crippen molar-refractivity contribution >= 4 is 5.91 Å². The van der Waals surface area contributed by atoms with E-state index in [-0.39, 0.29) is 23.3 Å². The second kappa shape index (κ2) is 7.01. The number of carbonyl (C=O) groups excluding carboxylic acids is 1. The molecule has 1 saturated heterocycles. The van der Waals surface area contributed by atoms with Crippen molar-refractivity contribution in [3.63, 3.8) is 0 Å². The van der Waals surface area contributed by atoms with Crippen LogP contribution in [0.15, 0.2) is 47.4 Å². The van der Waals surface area contributed by atoms with Gasteiger partial charge in [-0.15, -0.1) is 0 Å². The zero-order chi connectivity index (χ0) is 20.9. The second-order valence-electron chi connectivity index (χ2n) is 8.43. The Balaban J connectivity index is 1.30. The average molecular weight is 418 g/mol. The van der Waals surface area contributed by atoms with Gasteiger partial charge in [0.1, 0.15) is 13.2 Å². The minimum atomic E-state index is -0.0416. The smallest absolute Gasteiger partial charge is 0.257 e. The Labute approximate surface area is 178 Å². The number of benzene rings is 1. The lowest BCUT2D eigenvalue weighted by atomic mass is 9.83. The van der Waals surface area contributed by atoms with Crippen molar-refractivity contribution in [1.82, 2.24) is 19.7 Å². The van der Waals surface area contributed by atoms with E-state index in [0.29, 0.717) is 55.6 Å². The summed E-state index contributed by atoms with van der Waals surface area (Å²) in [6.45, 7) is 2.95. The Morgan fingerprint density at radius 2 is 1.94 bits per heavy atom. The third kappa shape index (κ3) is 3.01. The molecule has 1 amide bonds. The first kappa shape index (κ1) is 18.2. The predicted molar refractivity (Wildman–Crippen MR) is 112 cm³/mol. The number of amides is 1. The first-order chi connectivity index (χ1) is 15.2. The van der Waals surface area contributed by atoms with Crippen molar-refractivity contribution in [3.8, 4) is 22.8 Å². The van der Waals surface area contributed by atoms with Gasteiger partial charge in [0.15, 0.2) is 11.5 Å². The van der Waals surface area contributed by atoms with Gasteiger partial charge in [-0.25, -0.2) is 0 Å². The van der Waals surface area contributed by atoms with Gasteiger partial charge >= 0.3 is 0 Å². The van der Waals surface area contributed by atoms with Crippen LogP contribution in [-0.4, -0.2) is 51.9 Å². The molecule has 8 heteroatoms. The highest BCUT2D eigenvalue weighted by molar-refractivity contribution is 6.00. The third-order valence-corrected chi connectivity index (χ3v) is 6.47. The molecule has 8 nitrogen and oxygen atoms in total. The van der Waals surface area contributed by atoms with E-state index in [2.05, 4.69) is 10.2 Å². The molecule has 0 unspecified atom stereocenters. The van der Waals surface area contributed by atoms with E-state index in [4.69, 9.17) is 9.47 Å². The zero-order valence-corrected chi connectivity index (χ0v) is 16.9. The van der Waals surface area contributed by atoms with Crippen LogP contribution in [0, 0.1) is 5.92 Å². The van der Waals surface area contributed by atoms with Gasteiger partial charge in [0.25, 0.3) is 11.5 Å². The molecule has 2 aromatic heterocycles. The fourth-order valence-corrected chi connectivity index (χ4v) is 5.10. The van der Waals surface area contributed by atoms with Crippen LogP contribution in [0.1, 0.15) is 28.4 Å². The van der Waals surface area contributed by atoms with Crippen LogP contribution in [0.4, 0.5) is 0 Å². The number of hydrogen-bond acceptors (Lipinski definition) is 5. The minimum absolute atomic E-state index is 0.0416. The number of fused-ring (bicyclic) bond motifs is 5. The molecule has 1 fully saturated rings. The van der Waals surface area contributed by atoms with Gasteiger partial charge in [0.2, 0.25) is 0 Å². The van der Waals surface area contributed by atoms with E-state index in [0.717, 1.165) is 17.7 Å². The van der Waals surface area contributed by atoms with Gasteiger partial charge in [-0.1, -0.05) is 6.07 Å². The molecule has 5 heterocycles. The molecule has 2 atom stereocenters. The minimum Gasteiger partial charge on any atom is -0.486 e. The molecule has 0 spiro atoms. The quantitative estimate of drug-likeness (QED) is 0.690. The number of nitrogens with one attached hydrogen (secondary N) is 1. The number of hydrogen-bond donors (Lipinski definition) is 1. The summed E-state index contributed by atoms with van der Waals surface area (Å²) in [5.74, 6) is 1.79. The van der Waals surface area contributed by atoms with Crippen LogP contribution in [0.2, 0.25) is 0 Å². The summed E-state index contributed by atoms with van der Waals surface area (Å²) in [6, 6.07) is 11.1. The molecule has 3 aromatic rings. The molecule has 3 aliphatic rings. The van der Waals surface area contributed by atoms with Crippen LogP contribution in [0.3, 0.4) is 0 Å². The van der Waals surface area contributed by atoms with Crippen LogP contribution in [0.25, 0.3) is 11.3 Å². The van der Waals surface area contributed by atoms with E-state index in [1.807, 2.05) is 39.8 Å². The molecule has 0 saturated carbocycles. The van der Waals surface area contributed by atoms with E-state index in [1.54, 1.807) is 12.3 Å². The summed E-state index contributed by atoms with van der Waals surface area (Å²) in [6.07, 6.45) is 2.60. The Morgan fingerprint density at radius 1 is 1.06 bits per heavy atom. The SMILES string of the molecule is O=C(c1cn[nH]c1-c1ccc2c(c1)OCCO2)N1C[C@@H]2C[C@H](C1)c1cccc(=O)n1C2. The number of piperidine rings is 1. The number of carbonyl (C=O) groups is 1. The maximum atomic E-state index is 13.5. The predicted octanol–water partition coefficient (Wildman–Crippen LogP) is 2.27. The van der Waals surface area contributed by atoms with E-state index >= 15 is 0 Å². The van der Waals surface area contributed by atoms with Gasteiger partial charge < -0.3 is 18.9 Å². The van der Waals surface area contributed by atoms with Gasteiger partial charge in [0.05, 0.1) is 17.5 Å². The van der Waals surface area contributed by atoms with E-state index in [1.165, 1.54) is 0 Å². The summed E-state index contributed by atoms with van der Waals surface area (Å²) in [7, 11) is 0. The number of pyridine rings is 1. The summed E-state index contributed by atoms with van der Waals surface area (Å²) < 4.78 is 13.2. The van der Waals surface area contributed by atoms with Crippen LogP contribution >= 0.6 is 0 Å². The van der Waals surface area contributed by atoms with Gasteiger partial charge in [-0.2, -0.15) is 5.10 Å². The molecule has 3 aliphatic heterocycles. The second-order valence-corrected chi connectivity index (χ2v) is 8.43. The monoisotopic (exact) mass is 418 g/mol. The Kier molecular flexibility index (Phi) is 4.12. The summed E-state index contributed by atoms with van der Waals surface area (Å²) in [5.41, 5.74) is 3.12. The van der Waals surface area contributed by atoms with Crippen LogP contribution in [-0.2, 0) is 6.54 Å². The van der Waals surface area contributed by atoms with Crippen molar-refractivity contribution in [2.75, 3.05) is 26.3 Å². The fourth-order valence-electron chi connectivity index (χ4n) is 5.10. The molecule has 2 bridgehead atoms. The highest BCUT2D eigenvalue weighted by atomic mass is 16.6. The number of aromatic nitrogens is 3. The first-order valence-corrected chi connectivity index (χ1v) is 10.6. The number of likely N-dealkylation sites (tertiary alicyclic amines) is 1. The third-order valence-electron chi connectivity index (χ3n) is 6.47. The van der Waals surface area contributed by atoms with Crippen LogP contribution in [0.5, 0.6) is 11.5 Å². The van der Waals surface area contributed by atoms with Crippen LogP contribution < -0.4 is 15.0 Å². The Bertz CT molecular complexity index is 1230.